The summed E-state index contributed by atoms with van der Waals surface area (Å²) in [4.78, 5) is 9.65. The molecule has 0 bridgehead atoms. The lowest BCUT2D eigenvalue weighted by Crippen LogP contribution is -1.84. The molecule has 0 aliphatic heterocycles. The number of aromatic nitrogens is 2. The van der Waals surface area contributed by atoms with Crippen molar-refractivity contribution in [2.75, 3.05) is 0 Å². The Morgan fingerprint density at radius 2 is 1.50 bits per heavy atom. The predicted octanol–water partition coefficient (Wildman–Crippen LogP) is 6.63. The minimum absolute atomic E-state index is 0.919. The van der Waals surface area contributed by atoms with E-state index in [9.17, 15) is 0 Å². The van der Waals surface area contributed by atoms with Gasteiger partial charge < -0.3 is 4.98 Å². The Bertz CT molecular complexity index is 1170. The highest BCUT2D eigenvalue weighted by Crippen LogP contribution is 2.35. The number of hydrogen-bond donors (Lipinski definition) is 1. The van der Waals surface area contributed by atoms with E-state index in [-0.39, 0.29) is 0 Å². The molecule has 2 aromatic heterocycles. The Balaban J connectivity index is 1.73. The molecule has 0 unspecified atom stereocenters. The number of aromatic amines is 1. The second-order valence-electron chi connectivity index (χ2n) is 6.21. The van der Waals surface area contributed by atoms with Crippen LogP contribution in [0.15, 0.2) is 90.3 Å². The van der Waals surface area contributed by atoms with Gasteiger partial charge in [-0.05, 0) is 28.3 Å². The monoisotopic (exact) mass is 352 g/mol. The number of benzene rings is 3. The smallest absolute Gasteiger partial charge is 0.148 e. The lowest BCUT2D eigenvalue weighted by molar-refractivity contribution is 1.33. The fourth-order valence-electron chi connectivity index (χ4n) is 3.26. The van der Waals surface area contributed by atoms with Crippen molar-refractivity contribution in [3.63, 3.8) is 0 Å². The standard InChI is InChI=1S/C23H16N2S/c1-2-8-17(9-3-1)21-22(25-23(24-21)20-11-6-14-26-20)19-13-12-16-7-4-5-10-18(16)15-19/h1-15H,(H,24,25). The van der Waals surface area contributed by atoms with Gasteiger partial charge in [0.15, 0.2) is 0 Å². The minimum Gasteiger partial charge on any atom is -0.337 e. The van der Waals surface area contributed by atoms with Gasteiger partial charge >= 0.3 is 0 Å². The van der Waals surface area contributed by atoms with Gasteiger partial charge in [-0.25, -0.2) is 4.98 Å². The van der Waals surface area contributed by atoms with E-state index in [0.717, 1.165) is 33.2 Å². The van der Waals surface area contributed by atoms with Gasteiger partial charge in [-0.15, -0.1) is 11.3 Å². The number of nitrogens with zero attached hydrogens (tertiary/aromatic N) is 1. The van der Waals surface area contributed by atoms with Crippen LogP contribution in [0, 0.1) is 0 Å². The van der Waals surface area contributed by atoms with Crippen LogP contribution in [-0.2, 0) is 0 Å². The van der Waals surface area contributed by atoms with Gasteiger partial charge in [0, 0.05) is 11.1 Å². The zero-order chi connectivity index (χ0) is 17.3. The summed E-state index contributed by atoms with van der Waals surface area (Å²) in [6.45, 7) is 0. The normalized spacial score (nSPS) is 11.1. The molecular formula is C23H16N2S. The molecule has 2 nitrogen and oxygen atoms in total. The zero-order valence-electron chi connectivity index (χ0n) is 14.0. The van der Waals surface area contributed by atoms with Gasteiger partial charge in [0.25, 0.3) is 0 Å². The van der Waals surface area contributed by atoms with Crippen LogP contribution in [0.4, 0.5) is 0 Å². The van der Waals surface area contributed by atoms with E-state index in [0.29, 0.717) is 0 Å². The molecule has 0 radical (unpaired) electrons. The molecule has 0 saturated carbocycles. The van der Waals surface area contributed by atoms with Crippen molar-refractivity contribution in [2.45, 2.75) is 0 Å². The third-order valence-electron chi connectivity index (χ3n) is 4.54. The molecule has 0 spiro atoms. The number of thiophene rings is 1. The Kier molecular flexibility index (Phi) is 3.65. The van der Waals surface area contributed by atoms with E-state index < -0.39 is 0 Å². The van der Waals surface area contributed by atoms with Crippen molar-refractivity contribution >= 4 is 22.1 Å². The Labute approximate surface area is 155 Å². The fourth-order valence-corrected chi connectivity index (χ4v) is 3.93. The highest BCUT2D eigenvalue weighted by molar-refractivity contribution is 7.13. The summed E-state index contributed by atoms with van der Waals surface area (Å²) in [6.07, 6.45) is 0. The number of imidazole rings is 1. The lowest BCUT2D eigenvalue weighted by Gasteiger charge is -2.05. The van der Waals surface area contributed by atoms with Crippen LogP contribution in [0.1, 0.15) is 0 Å². The quantitative estimate of drug-likeness (QED) is 0.388. The lowest BCUT2D eigenvalue weighted by atomic mass is 10.0. The summed E-state index contributed by atoms with van der Waals surface area (Å²) in [5, 5.41) is 4.55. The summed E-state index contributed by atoms with van der Waals surface area (Å²) in [7, 11) is 0. The summed E-state index contributed by atoms with van der Waals surface area (Å²) >= 11 is 1.70. The van der Waals surface area contributed by atoms with E-state index in [1.807, 2.05) is 6.07 Å². The van der Waals surface area contributed by atoms with Crippen molar-refractivity contribution in [1.82, 2.24) is 9.97 Å². The summed E-state index contributed by atoms with van der Waals surface area (Å²) in [6, 6.07) is 29.5. The summed E-state index contributed by atoms with van der Waals surface area (Å²) in [5.74, 6) is 0.919. The maximum atomic E-state index is 4.96. The Morgan fingerprint density at radius 1 is 0.692 bits per heavy atom. The van der Waals surface area contributed by atoms with E-state index >= 15 is 0 Å². The van der Waals surface area contributed by atoms with Crippen molar-refractivity contribution in [2.24, 2.45) is 0 Å². The van der Waals surface area contributed by atoms with Crippen LogP contribution in [0.25, 0.3) is 44.0 Å². The molecule has 2 heterocycles. The first kappa shape index (κ1) is 15.1. The van der Waals surface area contributed by atoms with E-state index in [1.165, 1.54) is 10.8 Å². The van der Waals surface area contributed by atoms with Crippen molar-refractivity contribution in [3.05, 3.63) is 90.3 Å². The van der Waals surface area contributed by atoms with Crippen LogP contribution in [0.3, 0.4) is 0 Å². The van der Waals surface area contributed by atoms with Gasteiger partial charge in [0.1, 0.15) is 5.82 Å². The molecular weight excluding hydrogens is 336 g/mol. The van der Waals surface area contributed by atoms with Crippen LogP contribution in [-0.4, -0.2) is 9.97 Å². The number of fused-ring (bicyclic) bond motifs is 1. The van der Waals surface area contributed by atoms with Crippen molar-refractivity contribution in [3.8, 4) is 33.2 Å². The molecule has 3 heteroatoms. The first-order valence-corrected chi connectivity index (χ1v) is 9.45. The highest BCUT2D eigenvalue weighted by atomic mass is 32.1. The molecule has 1 N–H and O–H groups in total. The van der Waals surface area contributed by atoms with Gasteiger partial charge in [0.2, 0.25) is 0 Å². The van der Waals surface area contributed by atoms with Gasteiger partial charge in [-0.2, -0.15) is 0 Å². The first-order chi connectivity index (χ1) is 12.9. The van der Waals surface area contributed by atoms with Crippen molar-refractivity contribution < 1.29 is 0 Å². The molecule has 0 aliphatic carbocycles. The van der Waals surface area contributed by atoms with E-state index in [4.69, 9.17) is 4.98 Å². The molecule has 124 valence electrons. The fraction of sp³-hybridized carbons (Fsp3) is 0. The molecule has 0 atom stereocenters. The van der Waals surface area contributed by atoms with Crippen LogP contribution in [0.2, 0.25) is 0 Å². The maximum Gasteiger partial charge on any atom is 0.148 e. The molecule has 5 aromatic rings. The first-order valence-electron chi connectivity index (χ1n) is 8.57. The molecule has 0 aliphatic rings. The average Bonchev–Trinajstić information content (AvgIpc) is 3.38. The Morgan fingerprint density at radius 3 is 2.31 bits per heavy atom. The van der Waals surface area contributed by atoms with Gasteiger partial charge in [0.05, 0.1) is 16.3 Å². The maximum absolute atomic E-state index is 4.96. The van der Waals surface area contributed by atoms with Gasteiger partial charge in [-0.3, -0.25) is 0 Å². The number of hydrogen-bond acceptors (Lipinski definition) is 2. The third kappa shape index (κ3) is 2.63. The van der Waals surface area contributed by atoms with Crippen LogP contribution >= 0.6 is 11.3 Å². The average molecular weight is 352 g/mol. The van der Waals surface area contributed by atoms with Crippen LogP contribution in [0.5, 0.6) is 0 Å². The summed E-state index contributed by atoms with van der Waals surface area (Å²) in [5.41, 5.74) is 4.32. The zero-order valence-corrected chi connectivity index (χ0v) is 14.8. The van der Waals surface area contributed by atoms with Gasteiger partial charge in [-0.1, -0.05) is 72.8 Å². The third-order valence-corrected chi connectivity index (χ3v) is 5.42. The minimum atomic E-state index is 0.919. The molecule has 0 amide bonds. The number of rotatable bonds is 3. The van der Waals surface area contributed by atoms with Crippen molar-refractivity contribution in [1.29, 1.82) is 0 Å². The topological polar surface area (TPSA) is 28.7 Å². The molecule has 0 saturated heterocycles. The molecule has 26 heavy (non-hydrogen) atoms. The molecule has 0 fully saturated rings. The molecule has 3 aromatic carbocycles. The number of H-pyrrole nitrogens is 1. The Hall–Kier alpha value is -3.17. The SMILES string of the molecule is c1ccc(-c2[nH]c(-c3cccs3)nc2-c2ccc3ccccc3c2)cc1. The largest absolute Gasteiger partial charge is 0.337 e. The second kappa shape index (κ2) is 6.28. The summed E-state index contributed by atoms with van der Waals surface area (Å²) < 4.78 is 0. The second-order valence-corrected chi connectivity index (χ2v) is 7.16. The van der Waals surface area contributed by atoms with Crippen LogP contribution < -0.4 is 0 Å². The van der Waals surface area contributed by atoms with E-state index in [1.54, 1.807) is 11.3 Å². The number of nitrogens with one attached hydrogen (secondary N) is 1. The predicted molar refractivity (Wildman–Crippen MR) is 110 cm³/mol. The highest BCUT2D eigenvalue weighted by Gasteiger charge is 2.15. The molecule has 5 rings (SSSR count). The van der Waals surface area contributed by atoms with E-state index in [2.05, 4.69) is 89.2 Å².